The molecule has 0 amide bonds. The van der Waals surface area contributed by atoms with Gasteiger partial charge in [0.1, 0.15) is 11.2 Å². The minimum atomic E-state index is 0.372. The third kappa shape index (κ3) is 5.50. The molecule has 0 spiro atoms. The lowest BCUT2D eigenvalue weighted by Gasteiger charge is -2.20. The van der Waals surface area contributed by atoms with Crippen molar-refractivity contribution in [3.05, 3.63) is 193 Å². The van der Waals surface area contributed by atoms with E-state index in [0.29, 0.717) is 23.4 Å². The molecule has 0 radical (unpaired) electrons. The number of benzene rings is 7. The summed E-state index contributed by atoms with van der Waals surface area (Å²) in [4.78, 5) is 15.7. The fourth-order valence-corrected chi connectivity index (χ4v) is 8.22. The van der Waals surface area contributed by atoms with Crippen LogP contribution in [-0.4, -0.2) is 15.0 Å². The summed E-state index contributed by atoms with van der Waals surface area (Å²) in [5.41, 5.74) is 10.4. The van der Waals surface area contributed by atoms with Crippen LogP contribution in [0.1, 0.15) is 12.2 Å². The Labute approximate surface area is 318 Å². The predicted molar refractivity (Wildman–Crippen MR) is 226 cm³/mol. The van der Waals surface area contributed by atoms with Gasteiger partial charge in [0.2, 0.25) is 0 Å². The van der Waals surface area contributed by atoms with Crippen molar-refractivity contribution in [1.29, 1.82) is 0 Å². The molecule has 2 heterocycles. The number of allylic oxidation sites excluding steroid dienone is 8. The van der Waals surface area contributed by atoms with Crippen LogP contribution >= 0.6 is 0 Å². The van der Waals surface area contributed by atoms with E-state index in [9.17, 15) is 0 Å². The second kappa shape index (κ2) is 12.8. The van der Waals surface area contributed by atoms with Crippen LogP contribution in [0.2, 0.25) is 0 Å². The van der Waals surface area contributed by atoms with Gasteiger partial charge >= 0.3 is 0 Å². The van der Waals surface area contributed by atoms with Crippen LogP contribution in [0, 0.1) is 5.92 Å². The van der Waals surface area contributed by atoms with Gasteiger partial charge in [-0.05, 0) is 92.2 Å². The SMILES string of the molecule is C1=CC2=CC(c3nc(-c4ccc5ccc6ccccc6c5c4)nc(-c4cccc5oc6ccc(-c7cccc(-c8ccccc8)c7)cc6c45)n3)=CCC2C=C1. The molecule has 258 valence electrons. The number of furan rings is 1. The van der Waals surface area contributed by atoms with Gasteiger partial charge in [0.15, 0.2) is 17.5 Å². The summed E-state index contributed by atoms with van der Waals surface area (Å²) in [6.07, 6.45) is 14.1. The van der Waals surface area contributed by atoms with Gasteiger partial charge in [0.05, 0.1) is 0 Å². The lowest BCUT2D eigenvalue weighted by molar-refractivity contribution is 0.669. The van der Waals surface area contributed by atoms with Crippen molar-refractivity contribution in [3.8, 4) is 45.0 Å². The maximum Gasteiger partial charge on any atom is 0.164 e. The fraction of sp³-hybridized carbons (Fsp3) is 0.0392. The molecule has 2 aliphatic rings. The topological polar surface area (TPSA) is 51.8 Å². The molecule has 4 nitrogen and oxygen atoms in total. The molecule has 4 heteroatoms. The molecule has 0 saturated heterocycles. The Balaban J connectivity index is 1.10. The van der Waals surface area contributed by atoms with E-state index in [0.717, 1.165) is 56.2 Å². The Kier molecular flexibility index (Phi) is 7.27. The molecule has 9 aromatic rings. The standard InChI is InChI=1S/C51H33N3O/c1-2-10-32(11-3-1)37-15-8-16-38(28-37)39-26-27-46-45(30-39)48-43(18-9-19-47(48)55-46)51-53-49(40-24-20-33-12-4-5-14-36(33)29-40)52-50(54-51)41-25-23-35-22-21-34-13-6-7-17-42(34)44(35)31-41/h1-19,21-31,33H,20H2. The molecular weight excluding hydrogens is 671 g/mol. The molecule has 7 aromatic carbocycles. The lowest BCUT2D eigenvalue weighted by atomic mass is 9.85. The van der Waals surface area contributed by atoms with E-state index in [2.05, 4.69) is 170 Å². The maximum absolute atomic E-state index is 6.50. The molecule has 0 saturated carbocycles. The van der Waals surface area contributed by atoms with Crippen LogP contribution in [-0.2, 0) is 0 Å². The van der Waals surface area contributed by atoms with Crippen LogP contribution in [0.15, 0.2) is 192 Å². The Morgan fingerprint density at radius 1 is 0.491 bits per heavy atom. The molecule has 2 aromatic heterocycles. The Morgan fingerprint density at radius 2 is 1.20 bits per heavy atom. The van der Waals surface area contributed by atoms with Crippen LogP contribution < -0.4 is 0 Å². The molecule has 0 fully saturated rings. The lowest BCUT2D eigenvalue weighted by Crippen LogP contribution is -2.08. The van der Waals surface area contributed by atoms with Crippen molar-refractivity contribution in [2.24, 2.45) is 5.92 Å². The zero-order valence-electron chi connectivity index (χ0n) is 29.9. The quantitative estimate of drug-likeness (QED) is 0.167. The molecule has 2 aliphatic carbocycles. The van der Waals surface area contributed by atoms with Gasteiger partial charge in [-0.2, -0.15) is 0 Å². The van der Waals surface area contributed by atoms with Crippen molar-refractivity contribution in [3.63, 3.8) is 0 Å². The molecule has 0 bridgehead atoms. The smallest absolute Gasteiger partial charge is 0.164 e. The van der Waals surface area contributed by atoms with Gasteiger partial charge in [-0.3, -0.25) is 0 Å². The number of aromatic nitrogens is 3. The first-order chi connectivity index (χ1) is 27.2. The van der Waals surface area contributed by atoms with E-state index < -0.39 is 0 Å². The molecule has 1 atom stereocenters. The Bertz CT molecular complexity index is 3130. The molecule has 11 rings (SSSR count). The highest BCUT2D eigenvalue weighted by molar-refractivity contribution is 6.13. The molecule has 55 heavy (non-hydrogen) atoms. The summed E-state index contributed by atoms with van der Waals surface area (Å²) in [5.74, 6) is 2.29. The third-order valence-corrected chi connectivity index (χ3v) is 11.0. The average molecular weight is 704 g/mol. The summed E-state index contributed by atoms with van der Waals surface area (Å²) in [6, 6.07) is 51.3. The first kappa shape index (κ1) is 31.4. The van der Waals surface area contributed by atoms with Crippen LogP contribution in [0.4, 0.5) is 0 Å². The Hall–Kier alpha value is -7.17. The number of hydrogen-bond donors (Lipinski definition) is 0. The van der Waals surface area contributed by atoms with Crippen molar-refractivity contribution in [2.45, 2.75) is 6.42 Å². The number of rotatable bonds is 5. The third-order valence-electron chi connectivity index (χ3n) is 11.0. The summed E-state index contributed by atoms with van der Waals surface area (Å²) in [5, 5.41) is 6.78. The van der Waals surface area contributed by atoms with Crippen molar-refractivity contribution in [2.75, 3.05) is 0 Å². The highest BCUT2D eigenvalue weighted by Gasteiger charge is 2.22. The van der Waals surface area contributed by atoms with Crippen molar-refractivity contribution >= 4 is 49.1 Å². The van der Waals surface area contributed by atoms with Gasteiger partial charge in [-0.25, -0.2) is 15.0 Å². The minimum Gasteiger partial charge on any atom is -0.456 e. The van der Waals surface area contributed by atoms with Gasteiger partial charge in [-0.15, -0.1) is 0 Å². The van der Waals surface area contributed by atoms with Crippen LogP contribution in [0.25, 0.3) is 94.1 Å². The highest BCUT2D eigenvalue weighted by Crippen LogP contribution is 2.40. The van der Waals surface area contributed by atoms with Gasteiger partial charge in [0, 0.05) is 33.4 Å². The number of hydrogen-bond acceptors (Lipinski definition) is 4. The zero-order valence-corrected chi connectivity index (χ0v) is 29.9. The fourth-order valence-electron chi connectivity index (χ4n) is 8.22. The zero-order chi connectivity index (χ0) is 36.3. The normalized spacial score (nSPS) is 15.1. The first-order valence-corrected chi connectivity index (χ1v) is 18.8. The largest absolute Gasteiger partial charge is 0.456 e. The first-order valence-electron chi connectivity index (χ1n) is 18.8. The summed E-state index contributed by atoms with van der Waals surface area (Å²) < 4.78 is 6.50. The van der Waals surface area contributed by atoms with Crippen LogP contribution in [0.5, 0.6) is 0 Å². The van der Waals surface area contributed by atoms with E-state index in [1.54, 1.807) is 0 Å². The van der Waals surface area contributed by atoms with Gasteiger partial charge in [-0.1, -0.05) is 146 Å². The highest BCUT2D eigenvalue weighted by atomic mass is 16.3. The second-order valence-corrected chi connectivity index (χ2v) is 14.4. The maximum atomic E-state index is 6.50. The summed E-state index contributed by atoms with van der Waals surface area (Å²) >= 11 is 0. The number of nitrogens with zero attached hydrogens (tertiary/aromatic N) is 3. The van der Waals surface area contributed by atoms with E-state index in [1.165, 1.54) is 38.2 Å². The second-order valence-electron chi connectivity index (χ2n) is 14.4. The summed E-state index contributed by atoms with van der Waals surface area (Å²) in [7, 11) is 0. The Morgan fingerprint density at radius 3 is 2.13 bits per heavy atom. The minimum absolute atomic E-state index is 0.372. The average Bonchev–Trinajstić information content (AvgIpc) is 3.64. The monoisotopic (exact) mass is 703 g/mol. The molecular formula is C51H33N3O. The van der Waals surface area contributed by atoms with Gasteiger partial charge < -0.3 is 4.42 Å². The molecule has 0 aliphatic heterocycles. The van der Waals surface area contributed by atoms with E-state index >= 15 is 0 Å². The van der Waals surface area contributed by atoms with Crippen molar-refractivity contribution in [1.82, 2.24) is 15.0 Å². The molecule has 1 unspecified atom stereocenters. The molecule has 0 N–H and O–H groups in total. The van der Waals surface area contributed by atoms with E-state index in [4.69, 9.17) is 19.4 Å². The summed E-state index contributed by atoms with van der Waals surface area (Å²) in [6.45, 7) is 0. The van der Waals surface area contributed by atoms with Gasteiger partial charge in [0.25, 0.3) is 0 Å². The predicted octanol–water partition coefficient (Wildman–Crippen LogP) is 13.2. The van der Waals surface area contributed by atoms with E-state index in [1.807, 2.05) is 12.1 Å². The van der Waals surface area contributed by atoms with E-state index in [-0.39, 0.29) is 0 Å². The number of fused-ring (bicyclic) bond motifs is 7. The van der Waals surface area contributed by atoms with Crippen molar-refractivity contribution < 1.29 is 4.42 Å². The van der Waals surface area contributed by atoms with Crippen LogP contribution in [0.3, 0.4) is 0 Å².